The molecule has 0 aliphatic rings. The zero-order chi connectivity index (χ0) is 10.0. The third-order valence-corrected chi connectivity index (χ3v) is 0.471. The Hall–Kier alpha value is 0.946. The molecule has 0 unspecified atom stereocenters. The topological polar surface area (TPSA) is 83.8 Å². The summed E-state index contributed by atoms with van der Waals surface area (Å²) in [6, 6.07) is 0. The van der Waals surface area contributed by atoms with Gasteiger partial charge in [0.25, 0.3) is 0 Å². The molecular formula is C6H13KO5S. The van der Waals surface area contributed by atoms with Crippen molar-refractivity contribution in [2.24, 2.45) is 0 Å². The summed E-state index contributed by atoms with van der Waals surface area (Å²) in [4.78, 5) is 0. The van der Waals surface area contributed by atoms with Crippen molar-refractivity contribution in [3.63, 3.8) is 0 Å². The summed E-state index contributed by atoms with van der Waals surface area (Å²) in [5.41, 5.74) is 0. The van der Waals surface area contributed by atoms with Crippen molar-refractivity contribution >= 4 is 10.4 Å². The number of hydrogen-bond donors (Lipinski definition) is 2. The SMILES string of the molecule is C=CCOCC=C.O=S(=O)(O)O.[H-].[K+]. The van der Waals surface area contributed by atoms with Gasteiger partial charge in [-0.1, -0.05) is 12.2 Å². The molecule has 0 aliphatic carbocycles. The second-order valence-electron chi connectivity index (χ2n) is 1.56. The minimum Gasteiger partial charge on any atom is -1.00 e. The summed E-state index contributed by atoms with van der Waals surface area (Å²) in [6.07, 6.45) is 3.42. The van der Waals surface area contributed by atoms with Gasteiger partial charge < -0.3 is 6.16 Å². The smallest absolute Gasteiger partial charge is 1.00 e. The monoisotopic (exact) mass is 236 g/mol. The molecule has 0 rings (SSSR count). The maximum absolute atomic E-state index is 8.74. The van der Waals surface area contributed by atoms with Crippen LogP contribution in [0.1, 0.15) is 1.43 Å². The molecule has 0 saturated heterocycles. The fourth-order valence-electron chi connectivity index (χ4n) is 0.235. The zero-order valence-corrected chi connectivity index (χ0v) is 11.5. The van der Waals surface area contributed by atoms with Crippen LogP contribution in [0, 0.1) is 0 Å². The van der Waals surface area contributed by atoms with E-state index in [1.807, 2.05) is 0 Å². The number of rotatable bonds is 4. The predicted molar refractivity (Wildman–Crippen MR) is 46.5 cm³/mol. The molecule has 0 saturated carbocycles. The van der Waals surface area contributed by atoms with Crippen molar-refractivity contribution < 1.29 is 75.1 Å². The van der Waals surface area contributed by atoms with Gasteiger partial charge in [0.2, 0.25) is 0 Å². The molecular weight excluding hydrogens is 223 g/mol. The molecule has 0 aromatic rings. The van der Waals surface area contributed by atoms with E-state index in [9.17, 15) is 0 Å². The van der Waals surface area contributed by atoms with E-state index >= 15 is 0 Å². The minimum atomic E-state index is -4.67. The normalized spacial score (nSPS) is 8.77. The van der Waals surface area contributed by atoms with Gasteiger partial charge in [0.15, 0.2) is 0 Å². The van der Waals surface area contributed by atoms with Crippen molar-refractivity contribution in [3.8, 4) is 0 Å². The Kier molecular flexibility index (Phi) is 19.4. The van der Waals surface area contributed by atoms with E-state index in [4.69, 9.17) is 22.3 Å². The van der Waals surface area contributed by atoms with E-state index in [2.05, 4.69) is 13.2 Å². The minimum absolute atomic E-state index is 0. The third kappa shape index (κ3) is 63.4. The summed E-state index contributed by atoms with van der Waals surface area (Å²) in [6.45, 7) is 8.18. The van der Waals surface area contributed by atoms with Crippen molar-refractivity contribution in [1.29, 1.82) is 0 Å². The van der Waals surface area contributed by atoms with Crippen LogP contribution in [0.2, 0.25) is 0 Å². The van der Waals surface area contributed by atoms with Gasteiger partial charge in [0.1, 0.15) is 0 Å². The van der Waals surface area contributed by atoms with E-state index in [0.29, 0.717) is 13.2 Å². The van der Waals surface area contributed by atoms with Gasteiger partial charge >= 0.3 is 61.8 Å². The van der Waals surface area contributed by atoms with Crippen molar-refractivity contribution in [2.45, 2.75) is 0 Å². The van der Waals surface area contributed by atoms with Crippen LogP contribution in [-0.2, 0) is 15.1 Å². The Balaban J connectivity index is -0.0000000651. The first-order chi connectivity index (χ1) is 5.41. The second-order valence-corrected chi connectivity index (χ2v) is 2.46. The maximum atomic E-state index is 8.74. The molecule has 0 radical (unpaired) electrons. The van der Waals surface area contributed by atoms with E-state index in [1.54, 1.807) is 12.2 Å². The van der Waals surface area contributed by atoms with Gasteiger partial charge in [0.05, 0.1) is 13.2 Å². The average Bonchev–Trinajstić information content (AvgIpc) is 1.85. The van der Waals surface area contributed by atoms with Gasteiger partial charge in [-0.05, 0) is 0 Å². The molecule has 74 valence electrons. The molecule has 0 amide bonds. The van der Waals surface area contributed by atoms with Crippen LogP contribution in [0.25, 0.3) is 0 Å². The zero-order valence-electron chi connectivity index (χ0n) is 8.51. The Bertz CT molecular complexity index is 200. The molecule has 0 aliphatic heterocycles. The number of ether oxygens (including phenoxy) is 1. The third-order valence-electron chi connectivity index (χ3n) is 0.471. The molecule has 0 bridgehead atoms. The van der Waals surface area contributed by atoms with Crippen LogP contribution >= 0.6 is 0 Å². The Morgan fingerprint density at radius 3 is 1.62 bits per heavy atom. The largest absolute Gasteiger partial charge is 1.00 e. The summed E-state index contributed by atoms with van der Waals surface area (Å²) in [5.74, 6) is 0. The van der Waals surface area contributed by atoms with Crippen molar-refractivity contribution in [2.75, 3.05) is 13.2 Å². The van der Waals surface area contributed by atoms with Crippen LogP contribution in [0.15, 0.2) is 25.3 Å². The van der Waals surface area contributed by atoms with Crippen LogP contribution in [0.5, 0.6) is 0 Å². The Morgan fingerprint density at radius 2 is 1.46 bits per heavy atom. The summed E-state index contributed by atoms with van der Waals surface area (Å²) < 4.78 is 36.5. The Morgan fingerprint density at radius 1 is 1.23 bits per heavy atom. The molecule has 0 heterocycles. The Labute approximate surface area is 122 Å². The van der Waals surface area contributed by atoms with Gasteiger partial charge in [-0.25, -0.2) is 0 Å². The van der Waals surface area contributed by atoms with Crippen LogP contribution in [0.4, 0.5) is 0 Å². The van der Waals surface area contributed by atoms with E-state index in [1.165, 1.54) is 0 Å². The fourth-order valence-corrected chi connectivity index (χ4v) is 0.235. The molecule has 13 heavy (non-hydrogen) atoms. The molecule has 0 spiro atoms. The molecule has 0 aromatic heterocycles. The number of hydrogen-bond acceptors (Lipinski definition) is 3. The van der Waals surface area contributed by atoms with E-state index in [0.717, 1.165) is 0 Å². The first kappa shape index (κ1) is 19.5. The molecule has 0 aromatic carbocycles. The summed E-state index contributed by atoms with van der Waals surface area (Å²) in [5, 5.41) is 0. The summed E-state index contributed by atoms with van der Waals surface area (Å²) >= 11 is 0. The molecule has 0 fully saturated rings. The predicted octanol–water partition coefficient (Wildman–Crippen LogP) is -2.16. The molecule has 0 atom stereocenters. The van der Waals surface area contributed by atoms with Crippen LogP contribution in [0.3, 0.4) is 0 Å². The first-order valence-corrected chi connectivity index (χ1v) is 4.31. The van der Waals surface area contributed by atoms with Gasteiger partial charge in [-0.15, -0.1) is 13.2 Å². The first-order valence-electron chi connectivity index (χ1n) is 2.91. The van der Waals surface area contributed by atoms with Crippen LogP contribution in [-0.4, -0.2) is 30.7 Å². The van der Waals surface area contributed by atoms with E-state index < -0.39 is 10.4 Å². The summed E-state index contributed by atoms with van der Waals surface area (Å²) in [7, 11) is -4.67. The maximum Gasteiger partial charge on any atom is 1.00 e. The van der Waals surface area contributed by atoms with Gasteiger partial charge in [0, 0.05) is 0 Å². The quantitative estimate of drug-likeness (QED) is 0.251. The fraction of sp³-hybridized carbons (Fsp3) is 0.333. The van der Waals surface area contributed by atoms with Gasteiger partial charge in [-0.2, -0.15) is 8.42 Å². The molecule has 5 nitrogen and oxygen atoms in total. The average molecular weight is 236 g/mol. The molecule has 2 N–H and O–H groups in total. The van der Waals surface area contributed by atoms with Crippen molar-refractivity contribution in [3.05, 3.63) is 25.3 Å². The van der Waals surface area contributed by atoms with Gasteiger partial charge in [-0.3, -0.25) is 9.11 Å². The second kappa shape index (κ2) is 12.9. The van der Waals surface area contributed by atoms with Crippen molar-refractivity contribution in [1.82, 2.24) is 0 Å². The van der Waals surface area contributed by atoms with E-state index in [-0.39, 0.29) is 52.8 Å². The van der Waals surface area contributed by atoms with Crippen LogP contribution < -0.4 is 51.4 Å². The standard InChI is InChI=1S/C6H10O.K.H2O4S.H/c1-3-5-7-6-4-2;;1-5(2,3)4;/h3-4H,1-2,5-6H2;;(H2,1,2,3,4);/q;+1;;-1. The molecule has 7 heteroatoms.